The number of amides is 1. The topological polar surface area (TPSA) is 99.7 Å². The summed E-state index contributed by atoms with van der Waals surface area (Å²) in [4.78, 5) is 31.5. The first-order valence-corrected chi connectivity index (χ1v) is 9.60. The third kappa shape index (κ3) is 3.21. The van der Waals surface area contributed by atoms with E-state index in [-0.39, 0.29) is 6.54 Å². The third-order valence-corrected chi connectivity index (χ3v) is 5.84. The maximum absolute atomic E-state index is 12.7. The lowest BCUT2D eigenvalue weighted by molar-refractivity contribution is -0.117. The summed E-state index contributed by atoms with van der Waals surface area (Å²) in [7, 11) is 3.05. The molecule has 0 fully saturated rings. The molecule has 0 atom stereocenters. The zero-order valence-corrected chi connectivity index (χ0v) is 17.2. The van der Waals surface area contributed by atoms with Gasteiger partial charge < -0.3 is 14.8 Å². The van der Waals surface area contributed by atoms with E-state index in [1.54, 1.807) is 36.6 Å². The van der Waals surface area contributed by atoms with Gasteiger partial charge in [-0.15, -0.1) is 16.4 Å². The highest BCUT2D eigenvalue weighted by Gasteiger charge is 2.18. The van der Waals surface area contributed by atoms with Crippen LogP contribution in [0.3, 0.4) is 0 Å². The number of ether oxygens (including phenoxy) is 2. The quantitative estimate of drug-likeness (QED) is 0.539. The number of benzene rings is 1. The van der Waals surface area contributed by atoms with E-state index >= 15 is 0 Å². The molecule has 4 aromatic rings. The van der Waals surface area contributed by atoms with Gasteiger partial charge in [0.1, 0.15) is 29.2 Å². The van der Waals surface area contributed by atoms with Gasteiger partial charge in [0.05, 0.1) is 25.3 Å². The summed E-state index contributed by atoms with van der Waals surface area (Å²) in [6, 6.07) is 5.04. The predicted molar refractivity (Wildman–Crippen MR) is 110 cm³/mol. The van der Waals surface area contributed by atoms with Gasteiger partial charge in [0, 0.05) is 10.9 Å². The average Bonchev–Trinajstić information content (AvgIpc) is 3.18. The van der Waals surface area contributed by atoms with Crippen LogP contribution in [0.1, 0.15) is 10.4 Å². The molecule has 10 heteroatoms. The lowest BCUT2D eigenvalue weighted by atomic mass is 10.2. The number of thiophene rings is 1. The molecule has 3 aromatic heterocycles. The van der Waals surface area contributed by atoms with Crippen LogP contribution in [0, 0.1) is 13.8 Å². The highest BCUT2D eigenvalue weighted by Crippen LogP contribution is 2.30. The molecule has 3 heterocycles. The summed E-state index contributed by atoms with van der Waals surface area (Å²) < 4.78 is 12.9. The number of hydrogen-bond acceptors (Lipinski definition) is 7. The van der Waals surface area contributed by atoms with E-state index in [0.29, 0.717) is 22.8 Å². The van der Waals surface area contributed by atoms with Crippen molar-refractivity contribution in [1.29, 1.82) is 0 Å². The van der Waals surface area contributed by atoms with Crippen LogP contribution in [-0.2, 0) is 11.3 Å². The lowest BCUT2D eigenvalue weighted by Crippen LogP contribution is -2.28. The van der Waals surface area contributed by atoms with E-state index in [1.807, 2.05) is 13.8 Å². The van der Waals surface area contributed by atoms with Gasteiger partial charge in [0.2, 0.25) is 5.91 Å². The smallest absolute Gasteiger partial charge is 0.352 e. The van der Waals surface area contributed by atoms with E-state index in [2.05, 4.69) is 15.4 Å². The Hall–Kier alpha value is -3.40. The number of hydrogen-bond donors (Lipinski definition) is 1. The molecule has 0 spiro atoms. The van der Waals surface area contributed by atoms with Crippen molar-refractivity contribution in [3.63, 3.8) is 0 Å². The van der Waals surface area contributed by atoms with Crippen LogP contribution in [0.4, 0.5) is 5.69 Å². The van der Waals surface area contributed by atoms with E-state index < -0.39 is 11.6 Å². The highest BCUT2D eigenvalue weighted by molar-refractivity contribution is 7.18. The minimum Gasteiger partial charge on any atom is -0.497 e. The molecule has 4 rings (SSSR count). The maximum Gasteiger partial charge on any atom is 0.352 e. The van der Waals surface area contributed by atoms with E-state index in [0.717, 1.165) is 25.3 Å². The van der Waals surface area contributed by atoms with Crippen LogP contribution in [-0.4, -0.2) is 39.3 Å². The van der Waals surface area contributed by atoms with Crippen LogP contribution in [0.15, 0.2) is 29.3 Å². The predicted octanol–water partition coefficient (Wildman–Crippen LogP) is 2.38. The Kier molecular flexibility index (Phi) is 4.71. The van der Waals surface area contributed by atoms with Crippen molar-refractivity contribution in [2.75, 3.05) is 19.5 Å². The van der Waals surface area contributed by atoms with E-state index in [4.69, 9.17) is 9.47 Å². The first kappa shape index (κ1) is 18.9. The molecule has 1 N–H and O–H groups in total. The number of rotatable bonds is 5. The second kappa shape index (κ2) is 7.21. The van der Waals surface area contributed by atoms with E-state index in [9.17, 15) is 9.59 Å². The highest BCUT2D eigenvalue weighted by atomic mass is 32.1. The molecule has 0 aliphatic rings. The molecule has 1 amide bonds. The second-order valence-electron chi connectivity index (χ2n) is 6.46. The Balaban J connectivity index is 1.66. The van der Waals surface area contributed by atoms with Gasteiger partial charge in [-0.05, 0) is 31.5 Å². The molecule has 0 bridgehead atoms. The minimum absolute atomic E-state index is 0.237. The molecule has 0 radical (unpaired) electrons. The van der Waals surface area contributed by atoms with Crippen molar-refractivity contribution in [3.05, 3.63) is 45.5 Å². The number of nitrogens with zero attached hydrogens (tertiary/aromatic N) is 4. The third-order valence-electron chi connectivity index (χ3n) is 4.73. The van der Waals surface area contributed by atoms with Gasteiger partial charge in [0.25, 0.3) is 0 Å². The van der Waals surface area contributed by atoms with Crippen molar-refractivity contribution in [1.82, 2.24) is 19.2 Å². The first-order chi connectivity index (χ1) is 13.9. The largest absolute Gasteiger partial charge is 0.497 e. The molecule has 0 unspecified atom stereocenters. The SMILES string of the molecule is COc1ccc(NC(=O)Cn2nc3c4c(C)c(C)sc4ncn3c2=O)c(OC)c1. The van der Waals surface area contributed by atoms with Gasteiger partial charge in [0.15, 0.2) is 5.65 Å². The monoisotopic (exact) mass is 413 g/mol. The molecule has 29 heavy (non-hydrogen) atoms. The fourth-order valence-electron chi connectivity index (χ4n) is 3.10. The van der Waals surface area contributed by atoms with Crippen LogP contribution < -0.4 is 20.5 Å². The second-order valence-corrected chi connectivity index (χ2v) is 7.66. The molecule has 1 aromatic carbocycles. The number of carbonyl (C=O) groups excluding carboxylic acids is 1. The number of nitrogens with one attached hydrogen (secondary N) is 1. The fourth-order valence-corrected chi connectivity index (χ4v) is 4.09. The minimum atomic E-state index is -0.422. The van der Waals surface area contributed by atoms with Gasteiger partial charge >= 0.3 is 5.69 Å². The molecule has 0 saturated heterocycles. The molecular formula is C19H19N5O4S. The normalized spacial score (nSPS) is 11.2. The van der Waals surface area contributed by atoms with Gasteiger partial charge in [-0.25, -0.2) is 18.9 Å². The Morgan fingerprint density at radius 1 is 1.24 bits per heavy atom. The molecule has 150 valence electrons. The number of aryl methyl sites for hydroxylation is 2. The van der Waals surface area contributed by atoms with Gasteiger partial charge in [-0.3, -0.25) is 4.79 Å². The number of carbonyl (C=O) groups is 1. The summed E-state index contributed by atoms with van der Waals surface area (Å²) in [5.41, 5.74) is 1.59. The average molecular weight is 413 g/mol. The molecule has 0 aliphatic carbocycles. The standard InChI is InChI=1S/C19H19N5O4S/c1-10-11(2)29-18-16(10)17-22-24(19(26)23(17)9-20-18)8-15(25)21-13-6-5-12(27-3)7-14(13)28-4/h5-7,9H,8H2,1-4H3,(H,21,25). The number of methoxy groups -OCH3 is 2. The number of fused-ring (bicyclic) bond motifs is 3. The summed E-state index contributed by atoms with van der Waals surface area (Å²) in [6.45, 7) is 3.74. The van der Waals surface area contributed by atoms with Crippen LogP contribution >= 0.6 is 11.3 Å². The summed E-state index contributed by atoms with van der Waals surface area (Å²) in [6.07, 6.45) is 1.45. The Labute approximate surface area is 169 Å². The number of anilines is 1. The molecule has 9 nitrogen and oxygen atoms in total. The molecular weight excluding hydrogens is 394 g/mol. The maximum atomic E-state index is 12.7. The molecule has 0 aliphatic heterocycles. The van der Waals surface area contributed by atoms with Gasteiger partial charge in [-0.1, -0.05) is 0 Å². The summed E-state index contributed by atoms with van der Waals surface area (Å²) in [5.74, 6) is 0.658. The van der Waals surface area contributed by atoms with Gasteiger partial charge in [-0.2, -0.15) is 0 Å². The molecule has 0 saturated carbocycles. The van der Waals surface area contributed by atoms with Crippen LogP contribution in [0.2, 0.25) is 0 Å². The first-order valence-electron chi connectivity index (χ1n) is 8.78. The lowest BCUT2D eigenvalue weighted by Gasteiger charge is -2.11. The Bertz CT molecular complexity index is 1300. The van der Waals surface area contributed by atoms with E-state index in [1.165, 1.54) is 17.8 Å². The Morgan fingerprint density at radius 2 is 2.03 bits per heavy atom. The van der Waals surface area contributed by atoms with Crippen LogP contribution in [0.5, 0.6) is 11.5 Å². The van der Waals surface area contributed by atoms with Crippen molar-refractivity contribution < 1.29 is 14.3 Å². The summed E-state index contributed by atoms with van der Waals surface area (Å²) >= 11 is 1.55. The van der Waals surface area contributed by atoms with Crippen molar-refractivity contribution in [2.45, 2.75) is 20.4 Å². The van der Waals surface area contributed by atoms with Crippen molar-refractivity contribution in [3.8, 4) is 11.5 Å². The van der Waals surface area contributed by atoms with Crippen molar-refractivity contribution in [2.24, 2.45) is 0 Å². The fraction of sp³-hybridized carbons (Fsp3) is 0.263. The Morgan fingerprint density at radius 3 is 2.76 bits per heavy atom. The summed E-state index contributed by atoms with van der Waals surface area (Å²) in [5, 5.41) is 7.97. The van der Waals surface area contributed by atoms with Crippen molar-refractivity contribution >= 4 is 38.8 Å². The van der Waals surface area contributed by atoms with Crippen LogP contribution in [0.25, 0.3) is 15.9 Å². The number of aromatic nitrogens is 4. The zero-order chi connectivity index (χ0) is 20.7. The zero-order valence-electron chi connectivity index (χ0n) is 16.3.